The highest BCUT2D eigenvalue weighted by atomic mass is 19.1. The van der Waals surface area contributed by atoms with Crippen molar-refractivity contribution < 1.29 is 18.7 Å². The van der Waals surface area contributed by atoms with Crippen LogP contribution in [0.25, 0.3) is 0 Å². The monoisotopic (exact) mass is 311 g/mol. The fourth-order valence-electron chi connectivity index (χ4n) is 3.35. The van der Waals surface area contributed by atoms with Crippen molar-refractivity contribution in [3.8, 4) is 0 Å². The average Bonchev–Trinajstić information content (AvgIpc) is 2.49. The molecule has 0 aromatic carbocycles. The van der Waals surface area contributed by atoms with Crippen LogP contribution in [0.3, 0.4) is 0 Å². The zero-order chi connectivity index (χ0) is 16.9. The Morgan fingerprint density at radius 2 is 1.91 bits per heavy atom. The molecule has 2 fully saturated rings. The summed E-state index contributed by atoms with van der Waals surface area (Å²) in [5.74, 6) is -0.342. The molecule has 1 unspecified atom stereocenters. The number of nitrogens with zero attached hydrogens (tertiary/aromatic N) is 1. The number of likely N-dealkylation sites (tertiary alicyclic amines) is 1. The van der Waals surface area contributed by atoms with Gasteiger partial charge in [0, 0.05) is 13.0 Å². The number of β-lactam (4-membered cyclic amide) rings is 1. The zero-order valence-electron chi connectivity index (χ0n) is 12.9. The number of carbonyl (C=O) groups excluding carboxylic acids is 3. The quantitative estimate of drug-likeness (QED) is 0.559. The Hall–Kier alpha value is -1.60. The second-order valence-corrected chi connectivity index (χ2v) is 6.32. The molecule has 1 heterocycles. The van der Waals surface area contributed by atoms with Crippen LogP contribution in [0.15, 0.2) is 0 Å². The van der Waals surface area contributed by atoms with Crippen molar-refractivity contribution >= 4 is 25.8 Å². The molecule has 1 spiro atoms. The van der Waals surface area contributed by atoms with E-state index in [2.05, 4.69) is 15.0 Å². The van der Waals surface area contributed by atoms with Crippen LogP contribution < -0.4 is 11.5 Å². The molecular weight excluding hydrogens is 288 g/mol. The summed E-state index contributed by atoms with van der Waals surface area (Å²) in [5, 5.41) is 0. The summed E-state index contributed by atoms with van der Waals surface area (Å²) < 4.78 is 9.00. The first kappa shape index (κ1) is 18.5. The first-order chi connectivity index (χ1) is 10.4. The Bertz CT molecular complexity index is 439. The van der Waals surface area contributed by atoms with Gasteiger partial charge in [-0.3, -0.25) is 14.4 Å². The van der Waals surface area contributed by atoms with Gasteiger partial charge in [0.15, 0.2) is 0 Å². The van der Waals surface area contributed by atoms with Gasteiger partial charge < -0.3 is 20.7 Å². The summed E-state index contributed by atoms with van der Waals surface area (Å²) in [6.07, 6.45) is 4.20. The summed E-state index contributed by atoms with van der Waals surface area (Å²) in [6, 6.07) is -0.694. The lowest BCUT2D eigenvalue weighted by Gasteiger charge is -2.53. The molecule has 1 aliphatic carbocycles. The van der Waals surface area contributed by atoms with E-state index in [9.17, 15) is 14.4 Å². The molecule has 1 saturated carbocycles. The molecular formula is C14H23BFN3O3. The molecule has 3 amide bonds. The van der Waals surface area contributed by atoms with E-state index in [1.165, 1.54) is 4.90 Å². The van der Waals surface area contributed by atoms with Crippen molar-refractivity contribution in [3.63, 3.8) is 0 Å². The predicted molar refractivity (Wildman–Crippen MR) is 80.1 cm³/mol. The van der Waals surface area contributed by atoms with E-state index in [1.807, 2.05) is 0 Å². The topological polar surface area (TPSA) is 106 Å². The first-order valence-corrected chi connectivity index (χ1v) is 7.46. The van der Waals surface area contributed by atoms with Crippen LogP contribution in [0, 0.1) is 11.3 Å². The lowest BCUT2D eigenvalue weighted by molar-refractivity contribution is -0.171. The van der Waals surface area contributed by atoms with Gasteiger partial charge in [-0.2, -0.15) is 0 Å². The molecule has 6 nitrogen and oxygen atoms in total. The number of primary amides is 2. The molecule has 0 aromatic rings. The maximum Gasteiger partial charge on any atom is 0.350 e. The third-order valence-corrected chi connectivity index (χ3v) is 4.79. The lowest BCUT2D eigenvalue weighted by Crippen LogP contribution is -2.67. The highest BCUT2D eigenvalue weighted by Gasteiger charge is 2.55. The average molecular weight is 311 g/mol. The van der Waals surface area contributed by atoms with E-state index in [1.54, 1.807) is 0 Å². The van der Waals surface area contributed by atoms with Crippen molar-refractivity contribution in [1.82, 2.24) is 4.90 Å². The van der Waals surface area contributed by atoms with Crippen molar-refractivity contribution in [2.24, 2.45) is 22.8 Å². The van der Waals surface area contributed by atoms with Gasteiger partial charge in [0.05, 0.1) is 5.41 Å². The van der Waals surface area contributed by atoms with Crippen molar-refractivity contribution in [3.05, 3.63) is 0 Å². The van der Waals surface area contributed by atoms with Crippen LogP contribution in [-0.2, 0) is 14.4 Å². The van der Waals surface area contributed by atoms with Crippen LogP contribution in [0.4, 0.5) is 4.32 Å². The number of amides is 3. The maximum absolute atomic E-state index is 12.4. The molecule has 2 aliphatic rings. The Balaban J connectivity index is 0.00000116. The number of halogens is 1. The Labute approximate surface area is 131 Å². The van der Waals surface area contributed by atoms with Crippen molar-refractivity contribution in [1.29, 1.82) is 0 Å². The normalized spacial score (nSPS) is 28.4. The molecule has 0 aromatic heterocycles. The smallest absolute Gasteiger partial charge is 0.350 e. The van der Waals surface area contributed by atoms with Gasteiger partial charge in [-0.05, 0) is 38.0 Å². The minimum absolute atomic E-state index is 0.0256. The highest BCUT2D eigenvalue weighted by molar-refractivity contribution is 5.96. The molecule has 4 N–H and O–H groups in total. The predicted octanol–water partition coefficient (Wildman–Crippen LogP) is 0.184. The van der Waals surface area contributed by atoms with Gasteiger partial charge in [-0.15, -0.1) is 0 Å². The second-order valence-electron chi connectivity index (χ2n) is 6.32. The molecule has 1 saturated heterocycles. The Kier molecular flexibility index (Phi) is 6.38. The molecule has 2 radical (unpaired) electrons. The van der Waals surface area contributed by atoms with Gasteiger partial charge in [0.25, 0.3) is 0 Å². The van der Waals surface area contributed by atoms with Crippen LogP contribution in [0.2, 0.25) is 0 Å². The summed E-state index contributed by atoms with van der Waals surface area (Å²) in [5.41, 5.74) is 10.2. The maximum atomic E-state index is 12.4. The van der Waals surface area contributed by atoms with E-state index >= 15 is 0 Å². The standard InChI is InChI=1S/C14H23N3O3.BF/c1-9-4-6-14(7-5-9)8-17(13(14)20)10(12(16)19)2-3-11(15)18;1-2/h9-10H,2-8H2,1H3,(H2,15,18)(H2,16,19);. The minimum Gasteiger partial charge on any atom is -0.370 e. The second kappa shape index (κ2) is 7.60. The number of rotatable bonds is 5. The summed E-state index contributed by atoms with van der Waals surface area (Å²) in [6.45, 7) is 2.79. The van der Waals surface area contributed by atoms with Gasteiger partial charge in [-0.1, -0.05) is 6.92 Å². The van der Waals surface area contributed by atoms with Gasteiger partial charge in [0.2, 0.25) is 17.7 Å². The van der Waals surface area contributed by atoms with Crippen LogP contribution in [-0.4, -0.2) is 43.3 Å². The Morgan fingerprint density at radius 3 is 2.32 bits per heavy atom. The highest BCUT2D eigenvalue weighted by Crippen LogP contribution is 2.47. The lowest BCUT2D eigenvalue weighted by atomic mass is 9.65. The SMILES string of the molecule is CC1CCC2(CC1)CN(C(CCC(N)=O)C(N)=O)C2=O.[B]F. The van der Waals surface area contributed by atoms with Crippen LogP contribution in [0.5, 0.6) is 0 Å². The molecule has 1 atom stereocenters. The number of hydrogen-bond acceptors (Lipinski definition) is 3. The van der Waals surface area contributed by atoms with Gasteiger partial charge >= 0.3 is 8.12 Å². The molecule has 1 aliphatic heterocycles. The van der Waals surface area contributed by atoms with Gasteiger partial charge in [0.1, 0.15) is 6.04 Å². The van der Waals surface area contributed by atoms with Crippen LogP contribution in [0.1, 0.15) is 45.4 Å². The zero-order valence-corrected chi connectivity index (χ0v) is 12.9. The summed E-state index contributed by atoms with van der Waals surface area (Å²) >= 11 is 0. The largest absolute Gasteiger partial charge is 0.370 e. The minimum atomic E-state index is -0.694. The van der Waals surface area contributed by atoms with E-state index in [0.717, 1.165) is 25.7 Å². The van der Waals surface area contributed by atoms with Crippen molar-refractivity contribution in [2.45, 2.75) is 51.5 Å². The number of carbonyl (C=O) groups is 3. The van der Waals surface area contributed by atoms with Crippen LogP contribution >= 0.6 is 0 Å². The fourth-order valence-corrected chi connectivity index (χ4v) is 3.35. The molecule has 8 heteroatoms. The third-order valence-electron chi connectivity index (χ3n) is 4.79. The molecule has 0 bridgehead atoms. The molecule has 22 heavy (non-hydrogen) atoms. The first-order valence-electron chi connectivity index (χ1n) is 7.46. The van der Waals surface area contributed by atoms with E-state index in [-0.39, 0.29) is 24.2 Å². The molecule has 2 rings (SSSR count). The van der Waals surface area contributed by atoms with Gasteiger partial charge in [-0.25, -0.2) is 0 Å². The third kappa shape index (κ3) is 3.78. The molecule has 122 valence electrons. The summed E-state index contributed by atoms with van der Waals surface area (Å²) in [7, 11) is 3.00. The fraction of sp³-hybridized carbons (Fsp3) is 0.786. The number of hydrogen-bond donors (Lipinski definition) is 2. The van der Waals surface area contributed by atoms with E-state index in [0.29, 0.717) is 12.5 Å². The van der Waals surface area contributed by atoms with E-state index in [4.69, 9.17) is 15.8 Å². The Morgan fingerprint density at radius 1 is 1.36 bits per heavy atom. The van der Waals surface area contributed by atoms with E-state index < -0.39 is 17.9 Å². The van der Waals surface area contributed by atoms with Crippen molar-refractivity contribution in [2.75, 3.05) is 6.54 Å². The number of nitrogens with two attached hydrogens (primary N) is 2. The summed E-state index contributed by atoms with van der Waals surface area (Å²) in [4.78, 5) is 36.3.